The fraction of sp³-hybridized carbons (Fsp3) is 0.267. The number of cyclic esters (lactones) is 1. The van der Waals surface area contributed by atoms with Crippen molar-refractivity contribution in [1.29, 1.82) is 10.5 Å². The van der Waals surface area contributed by atoms with Crippen molar-refractivity contribution in [2.45, 2.75) is 38.2 Å². The molecule has 0 radical (unpaired) electrons. The highest BCUT2D eigenvalue weighted by Crippen LogP contribution is 2.40. The molecule has 3 aromatic rings. The van der Waals surface area contributed by atoms with Gasteiger partial charge in [-0.25, -0.2) is 4.79 Å². The fourth-order valence-electron chi connectivity index (χ4n) is 4.61. The lowest BCUT2D eigenvalue weighted by atomic mass is 9.93. The summed E-state index contributed by atoms with van der Waals surface area (Å²) in [7, 11) is 0. The number of amides is 1. The van der Waals surface area contributed by atoms with Crippen molar-refractivity contribution in [2.75, 3.05) is 13.2 Å². The van der Waals surface area contributed by atoms with Crippen LogP contribution in [0.2, 0.25) is 0 Å². The number of esters is 1. The van der Waals surface area contributed by atoms with Crippen molar-refractivity contribution >= 4 is 12.1 Å². The van der Waals surface area contributed by atoms with E-state index >= 15 is 0 Å². The van der Waals surface area contributed by atoms with Crippen LogP contribution in [0.25, 0.3) is 11.1 Å². The van der Waals surface area contributed by atoms with Gasteiger partial charge in [-0.15, -0.1) is 0 Å². The zero-order valence-electron chi connectivity index (χ0n) is 21.9. The van der Waals surface area contributed by atoms with Gasteiger partial charge in [0, 0.05) is 5.56 Å². The minimum Gasteiger partial charge on any atom is -0.478 e. The molecule has 0 aromatic heterocycles. The van der Waals surface area contributed by atoms with Crippen LogP contribution in [-0.2, 0) is 33.4 Å². The summed E-state index contributed by atoms with van der Waals surface area (Å²) in [4.78, 5) is 26.4. The first-order chi connectivity index (χ1) is 19.6. The molecule has 0 N–H and O–H groups in total. The number of nitrogens with zero attached hydrogens (tertiary/aromatic N) is 3. The predicted molar refractivity (Wildman–Crippen MR) is 139 cm³/mol. The van der Waals surface area contributed by atoms with E-state index in [-0.39, 0.29) is 30.9 Å². The summed E-state index contributed by atoms with van der Waals surface area (Å²) >= 11 is 0. The summed E-state index contributed by atoms with van der Waals surface area (Å²) in [6.07, 6.45) is -6.15. The molecule has 1 amide bonds. The third-order valence-corrected chi connectivity index (χ3v) is 6.57. The van der Waals surface area contributed by atoms with Gasteiger partial charge in [0.1, 0.15) is 24.0 Å². The van der Waals surface area contributed by atoms with Crippen molar-refractivity contribution in [3.8, 4) is 29.0 Å². The van der Waals surface area contributed by atoms with Crippen molar-refractivity contribution < 1.29 is 37.0 Å². The summed E-state index contributed by atoms with van der Waals surface area (Å²) in [5.74, 6) is -0.475. The molecular weight excluding hydrogens is 539 g/mol. The molecular formula is C30H24F3N3O5. The molecule has 210 valence electrons. The smallest absolute Gasteiger partial charge is 0.416 e. The molecule has 1 saturated heterocycles. The molecule has 3 aromatic carbocycles. The number of rotatable bonds is 9. The van der Waals surface area contributed by atoms with E-state index in [1.54, 1.807) is 49.4 Å². The lowest BCUT2D eigenvalue weighted by Gasteiger charge is -2.24. The Balaban J connectivity index is 1.77. The van der Waals surface area contributed by atoms with Crippen molar-refractivity contribution in [2.24, 2.45) is 0 Å². The molecule has 1 fully saturated rings. The molecule has 11 heteroatoms. The van der Waals surface area contributed by atoms with Crippen LogP contribution in [0.15, 0.2) is 66.7 Å². The number of carbonyl (C=O) groups is 2. The molecule has 0 bridgehead atoms. The summed E-state index contributed by atoms with van der Waals surface area (Å²) < 4.78 is 57.3. The van der Waals surface area contributed by atoms with E-state index in [0.717, 1.165) is 17.7 Å². The first-order valence-corrected chi connectivity index (χ1v) is 12.5. The Labute approximate surface area is 234 Å². The topological polar surface area (TPSA) is 113 Å². The van der Waals surface area contributed by atoms with Gasteiger partial charge in [-0.05, 0) is 53.4 Å². The van der Waals surface area contributed by atoms with Gasteiger partial charge >= 0.3 is 18.2 Å². The molecule has 1 aliphatic heterocycles. The van der Waals surface area contributed by atoms with E-state index in [2.05, 4.69) is 0 Å². The van der Waals surface area contributed by atoms with Crippen molar-refractivity contribution in [1.82, 2.24) is 4.90 Å². The molecule has 0 aliphatic carbocycles. The van der Waals surface area contributed by atoms with Crippen LogP contribution in [0.3, 0.4) is 0 Å². The third-order valence-electron chi connectivity index (χ3n) is 6.57. The first-order valence-electron chi connectivity index (χ1n) is 12.5. The minimum atomic E-state index is -4.65. The molecule has 8 nitrogen and oxygen atoms in total. The summed E-state index contributed by atoms with van der Waals surface area (Å²) in [6, 6.07) is 19.8. The zero-order valence-corrected chi connectivity index (χ0v) is 21.9. The quantitative estimate of drug-likeness (QED) is 0.295. The standard InChI is InChI=1S/C30H24F3N3O5/c1-19-28(21-5-3-2-4-6-21)41-29(38)36(19)18-22-17-23(30(31,32)33)8-9-24(22)25-15-20(16-27(37)40-14-12-35)7-10-26(25)39-13-11-34/h2-10,15,17,19,28H,13-14,16,18H2,1H3/t19-,28-/m0/s1. The average Bonchev–Trinajstić information content (AvgIpc) is 3.23. The van der Waals surface area contributed by atoms with E-state index in [1.807, 2.05) is 12.1 Å². The molecule has 1 heterocycles. The average molecular weight is 564 g/mol. The van der Waals surface area contributed by atoms with E-state index in [0.29, 0.717) is 16.7 Å². The van der Waals surface area contributed by atoms with Gasteiger partial charge in [0.25, 0.3) is 0 Å². The largest absolute Gasteiger partial charge is 0.478 e. The highest BCUT2D eigenvalue weighted by atomic mass is 19.4. The van der Waals surface area contributed by atoms with Gasteiger partial charge in [-0.2, -0.15) is 23.7 Å². The first kappa shape index (κ1) is 29.0. The van der Waals surface area contributed by atoms with Gasteiger partial charge in [0.05, 0.1) is 24.6 Å². The Morgan fingerprint density at radius 2 is 1.73 bits per heavy atom. The summed E-state index contributed by atoms with van der Waals surface area (Å²) in [6.45, 7) is 0.784. The molecule has 1 aliphatic rings. The molecule has 41 heavy (non-hydrogen) atoms. The maximum atomic E-state index is 13.8. The van der Waals surface area contributed by atoms with Crippen LogP contribution in [0.5, 0.6) is 5.75 Å². The van der Waals surface area contributed by atoms with Crippen molar-refractivity contribution in [3.63, 3.8) is 0 Å². The number of carbonyl (C=O) groups excluding carboxylic acids is 2. The molecule has 2 atom stereocenters. The maximum Gasteiger partial charge on any atom is 0.416 e. The van der Waals surface area contributed by atoms with Crippen LogP contribution in [-0.4, -0.2) is 36.2 Å². The normalized spacial score (nSPS) is 16.4. The SMILES string of the molecule is C[C@H]1[C@@H](c2ccccc2)OC(=O)N1Cc1cc(C(F)(F)F)ccc1-c1cc(CC(=O)OCC#N)ccc1OCC#N. The van der Waals surface area contributed by atoms with Crippen LogP contribution < -0.4 is 4.74 Å². The van der Waals surface area contributed by atoms with Crippen LogP contribution in [0.4, 0.5) is 18.0 Å². The Bertz CT molecular complexity index is 1510. The maximum absolute atomic E-state index is 13.8. The van der Waals surface area contributed by atoms with E-state index in [4.69, 9.17) is 24.7 Å². The number of nitriles is 2. The Morgan fingerprint density at radius 3 is 2.41 bits per heavy atom. The number of hydrogen-bond acceptors (Lipinski definition) is 7. The Hall–Kier alpha value is -5.03. The number of ether oxygens (including phenoxy) is 3. The van der Waals surface area contributed by atoms with Gasteiger partial charge in [-0.1, -0.05) is 42.5 Å². The van der Waals surface area contributed by atoms with E-state index in [9.17, 15) is 22.8 Å². The summed E-state index contributed by atoms with van der Waals surface area (Å²) in [5, 5.41) is 17.7. The lowest BCUT2D eigenvalue weighted by molar-refractivity contribution is -0.141. The second-order valence-corrected chi connectivity index (χ2v) is 9.23. The highest BCUT2D eigenvalue weighted by molar-refractivity contribution is 5.78. The minimum absolute atomic E-state index is 0.156. The second kappa shape index (κ2) is 12.4. The molecule has 0 spiro atoms. The lowest BCUT2D eigenvalue weighted by Crippen LogP contribution is -2.31. The van der Waals surface area contributed by atoms with Gasteiger partial charge in [-0.3, -0.25) is 9.69 Å². The Kier molecular flexibility index (Phi) is 8.78. The second-order valence-electron chi connectivity index (χ2n) is 9.23. The van der Waals surface area contributed by atoms with E-state index in [1.165, 1.54) is 17.0 Å². The van der Waals surface area contributed by atoms with Gasteiger partial charge < -0.3 is 14.2 Å². The monoisotopic (exact) mass is 563 g/mol. The molecule has 0 saturated carbocycles. The highest BCUT2D eigenvalue weighted by Gasteiger charge is 2.40. The number of alkyl halides is 3. The van der Waals surface area contributed by atoms with Crippen LogP contribution >= 0.6 is 0 Å². The van der Waals surface area contributed by atoms with Crippen molar-refractivity contribution in [3.05, 3.63) is 89.0 Å². The van der Waals surface area contributed by atoms with Gasteiger partial charge in [0.15, 0.2) is 13.2 Å². The third kappa shape index (κ3) is 6.76. The summed E-state index contributed by atoms with van der Waals surface area (Å²) in [5.41, 5.74) is 1.06. The molecule has 4 rings (SSSR count). The molecule has 0 unspecified atom stereocenters. The van der Waals surface area contributed by atoms with Crippen LogP contribution in [0.1, 0.15) is 35.3 Å². The van der Waals surface area contributed by atoms with Crippen LogP contribution in [0, 0.1) is 22.7 Å². The zero-order chi connectivity index (χ0) is 29.6. The van der Waals surface area contributed by atoms with Gasteiger partial charge in [0.2, 0.25) is 0 Å². The number of halogens is 3. The number of benzene rings is 3. The van der Waals surface area contributed by atoms with E-state index < -0.39 is 42.6 Å². The number of hydrogen-bond donors (Lipinski definition) is 0. The predicted octanol–water partition coefficient (Wildman–Crippen LogP) is 5.97. The Morgan fingerprint density at radius 1 is 1.00 bits per heavy atom. The fourth-order valence-corrected chi connectivity index (χ4v) is 4.61.